The summed E-state index contributed by atoms with van der Waals surface area (Å²) in [6, 6.07) is 7.21. The first-order chi connectivity index (χ1) is 13.3. The van der Waals surface area contributed by atoms with Gasteiger partial charge < -0.3 is 15.5 Å². The predicted octanol–water partition coefficient (Wildman–Crippen LogP) is 1.01. The highest BCUT2D eigenvalue weighted by Gasteiger charge is 2.41. The molecule has 8 nitrogen and oxygen atoms in total. The fourth-order valence-corrected chi connectivity index (χ4v) is 5.17. The standard InChI is InChI=1S/C19H28N4O4S/c1-22(2)16-5-3-15(4-6-16)21-19(25)18(24)20-13-14-9-11-23(12-10-14)28(26,27)17-7-8-17/h3-6,14,17H,7-13H2,1-2H3,(H,20,24)(H,21,25). The summed E-state index contributed by atoms with van der Waals surface area (Å²) in [6.07, 6.45) is 2.93. The molecule has 1 saturated carbocycles. The van der Waals surface area contributed by atoms with Gasteiger partial charge in [0.05, 0.1) is 5.25 Å². The van der Waals surface area contributed by atoms with Gasteiger partial charge in [-0.15, -0.1) is 0 Å². The van der Waals surface area contributed by atoms with E-state index in [2.05, 4.69) is 10.6 Å². The number of hydrogen-bond acceptors (Lipinski definition) is 5. The lowest BCUT2D eigenvalue weighted by molar-refractivity contribution is -0.136. The summed E-state index contributed by atoms with van der Waals surface area (Å²) in [5, 5.41) is 5.07. The average molecular weight is 409 g/mol. The summed E-state index contributed by atoms with van der Waals surface area (Å²) in [4.78, 5) is 26.0. The third-order valence-electron chi connectivity index (χ3n) is 5.28. The van der Waals surface area contributed by atoms with Crippen LogP contribution < -0.4 is 15.5 Å². The molecule has 28 heavy (non-hydrogen) atoms. The lowest BCUT2D eigenvalue weighted by atomic mass is 9.98. The molecule has 0 atom stereocenters. The van der Waals surface area contributed by atoms with Gasteiger partial charge >= 0.3 is 11.8 Å². The molecule has 2 aliphatic rings. The zero-order valence-corrected chi connectivity index (χ0v) is 17.2. The number of piperidine rings is 1. The number of anilines is 2. The van der Waals surface area contributed by atoms with Crippen molar-refractivity contribution in [2.45, 2.75) is 30.9 Å². The molecule has 0 radical (unpaired) electrons. The number of sulfonamides is 1. The number of nitrogens with zero attached hydrogens (tertiary/aromatic N) is 2. The largest absolute Gasteiger partial charge is 0.378 e. The maximum atomic E-state index is 12.2. The summed E-state index contributed by atoms with van der Waals surface area (Å²) in [7, 11) is 0.726. The number of amides is 2. The third-order valence-corrected chi connectivity index (χ3v) is 7.68. The molecule has 154 valence electrons. The molecule has 1 heterocycles. The molecular formula is C19H28N4O4S. The Morgan fingerprint density at radius 1 is 1.04 bits per heavy atom. The molecule has 1 aliphatic heterocycles. The molecule has 1 saturated heterocycles. The Bertz CT molecular complexity index is 811. The highest BCUT2D eigenvalue weighted by molar-refractivity contribution is 7.90. The minimum atomic E-state index is -3.12. The quantitative estimate of drug-likeness (QED) is 0.685. The van der Waals surface area contributed by atoms with Crippen LogP contribution >= 0.6 is 0 Å². The second-order valence-electron chi connectivity index (χ2n) is 7.69. The number of carbonyl (C=O) groups is 2. The monoisotopic (exact) mass is 408 g/mol. The fraction of sp³-hybridized carbons (Fsp3) is 0.579. The lowest BCUT2D eigenvalue weighted by Gasteiger charge is -2.31. The maximum Gasteiger partial charge on any atom is 0.313 e. The van der Waals surface area contributed by atoms with Crippen molar-refractivity contribution in [1.82, 2.24) is 9.62 Å². The summed E-state index contributed by atoms with van der Waals surface area (Å²) >= 11 is 0. The van der Waals surface area contributed by atoms with E-state index in [9.17, 15) is 18.0 Å². The van der Waals surface area contributed by atoms with Crippen molar-refractivity contribution in [1.29, 1.82) is 0 Å². The van der Waals surface area contributed by atoms with Crippen molar-refractivity contribution in [2.75, 3.05) is 43.9 Å². The second-order valence-corrected chi connectivity index (χ2v) is 9.91. The molecule has 1 aromatic rings. The van der Waals surface area contributed by atoms with E-state index < -0.39 is 21.8 Å². The normalized spacial score (nSPS) is 18.5. The fourth-order valence-electron chi connectivity index (χ4n) is 3.29. The first-order valence-electron chi connectivity index (χ1n) is 9.63. The van der Waals surface area contributed by atoms with Crippen LogP contribution in [0.5, 0.6) is 0 Å². The number of benzene rings is 1. The highest BCUT2D eigenvalue weighted by atomic mass is 32.2. The van der Waals surface area contributed by atoms with E-state index >= 15 is 0 Å². The Hall–Kier alpha value is -2.13. The highest BCUT2D eigenvalue weighted by Crippen LogP contribution is 2.33. The van der Waals surface area contributed by atoms with Crippen LogP contribution in [0, 0.1) is 5.92 Å². The molecular weight excluding hydrogens is 380 g/mol. The van der Waals surface area contributed by atoms with Crippen LogP contribution in [-0.2, 0) is 19.6 Å². The van der Waals surface area contributed by atoms with Gasteiger partial charge in [-0.3, -0.25) is 9.59 Å². The Morgan fingerprint density at radius 3 is 2.18 bits per heavy atom. The van der Waals surface area contributed by atoms with Crippen LogP contribution in [-0.4, -0.2) is 63.5 Å². The Morgan fingerprint density at radius 2 is 1.64 bits per heavy atom. The van der Waals surface area contributed by atoms with Crippen LogP contribution in [0.4, 0.5) is 11.4 Å². The zero-order chi connectivity index (χ0) is 20.3. The summed E-state index contributed by atoms with van der Waals surface area (Å²) in [6.45, 7) is 1.36. The zero-order valence-electron chi connectivity index (χ0n) is 16.3. The van der Waals surface area contributed by atoms with E-state index in [0.29, 0.717) is 38.2 Å². The first kappa shape index (κ1) is 20.6. The van der Waals surface area contributed by atoms with Gasteiger partial charge in [-0.05, 0) is 55.9 Å². The van der Waals surface area contributed by atoms with Gasteiger partial charge in [0.2, 0.25) is 10.0 Å². The van der Waals surface area contributed by atoms with Crippen molar-refractivity contribution in [3.05, 3.63) is 24.3 Å². The van der Waals surface area contributed by atoms with Gasteiger partial charge in [-0.1, -0.05) is 0 Å². The molecule has 2 fully saturated rings. The third kappa shape index (κ3) is 5.02. The van der Waals surface area contributed by atoms with E-state index in [0.717, 1.165) is 18.5 Å². The van der Waals surface area contributed by atoms with Crippen LogP contribution in [0.2, 0.25) is 0 Å². The maximum absolute atomic E-state index is 12.2. The van der Waals surface area contributed by atoms with Crippen molar-refractivity contribution >= 4 is 33.2 Å². The SMILES string of the molecule is CN(C)c1ccc(NC(=O)C(=O)NCC2CCN(S(=O)(=O)C3CC3)CC2)cc1. The molecule has 0 bridgehead atoms. The van der Waals surface area contributed by atoms with Gasteiger partial charge in [0.25, 0.3) is 0 Å². The van der Waals surface area contributed by atoms with E-state index in [4.69, 9.17) is 0 Å². The van der Waals surface area contributed by atoms with Crippen molar-refractivity contribution in [3.8, 4) is 0 Å². The molecule has 3 rings (SSSR count). The predicted molar refractivity (Wildman–Crippen MR) is 109 cm³/mol. The minimum absolute atomic E-state index is 0.181. The summed E-state index contributed by atoms with van der Waals surface area (Å²) in [5.41, 5.74) is 1.56. The van der Waals surface area contributed by atoms with Gasteiger partial charge in [0, 0.05) is 45.1 Å². The van der Waals surface area contributed by atoms with Gasteiger partial charge in [-0.25, -0.2) is 12.7 Å². The van der Waals surface area contributed by atoms with E-state index in [1.165, 1.54) is 0 Å². The number of nitrogens with one attached hydrogen (secondary N) is 2. The van der Waals surface area contributed by atoms with Crippen LogP contribution in [0.25, 0.3) is 0 Å². The molecule has 1 aliphatic carbocycles. The number of rotatable bonds is 6. The van der Waals surface area contributed by atoms with Gasteiger partial charge in [-0.2, -0.15) is 0 Å². The number of carbonyl (C=O) groups excluding carboxylic acids is 2. The smallest absolute Gasteiger partial charge is 0.313 e. The van der Waals surface area contributed by atoms with Crippen molar-refractivity contribution in [2.24, 2.45) is 5.92 Å². The molecule has 0 spiro atoms. The van der Waals surface area contributed by atoms with E-state index in [1.807, 2.05) is 31.1 Å². The minimum Gasteiger partial charge on any atom is -0.378 e. The Kier molecular flexibility index (Phi) is 6.24. The molecule has 2 amide bonds. The van der Waals surface area contributed by atoms with Crippen LogP contribution in [0.1, 0.15) is 25.7 Å². The van der Waals surface area contributed by atoms with Gasteiger partial charge in [0.15, 0.2) is 0 Å². The average Bonchev–Trinajstić information content (AvgIpc) is 3.52. The van der Waals surface area contributed by atoms with E-state index in [1.54, 1.807) is 16.4 Å². The topological polar surface area (TPSA) is 98.8 Å². The van der Waals surface area contributed by atoms with Crippen LogP contribution in [0.15, 0.2) is 24.3 Å². The van der Waals surface area contributed by atoms with Crippen molar-refractivity contribution < 1.29 is 18.0 Å². The van der Waals surface area contributed by atoms with E-state index in [-0.39, 0.29) is 11.2 Å². The molecule has 1 aromatic carbocycles. The molecule has 0 unspecified atom stereocenters. The molecule has 0 aromatic heterocycles. The summed E-state index contributed by atoms with van der Waals surface area (Å²) in [5.74, 6) is -1.20. The molecule has 9 heteroatoms. The van der Waals surface area contributed by atoms with Gasteiger partial charge in [0.1, 0.15) is 0 Å². The Balaban J connectivity index is 1.41. The van der Waals surface area contributed by atoms with Crippen LogP contribution in [0.3, 0.4) is 0 Å². The van der Waals surface area contributed by atoms with Crippen molar-refractivity contribution in [3.63, 3.8) is 0 Å². The second kappa shape index (κ2) is 8.48. The molecule has 2 N–H and O–H groups in total. The lowest BCUT2D eigenvalue weighted by Crippen LogP contribution is -2.44. The number of hydrogen-bond donors (Lipinski definition) is 2. The first-order valence-corrected chi connectivity index (χ1v) is 11.1. The Labute approximate surface area is 166 Å². The summed E-state index contributed by atoms with van der Waals surface area (Å²) < 4.78 is 26.1.